The molecule has 0 aliphatic heterocycles. The van der Waals surface area contributed by atoms with Crippen molar-refractivity contribution in [3.05, 3.63) is 69.7 Å². The van der Waals surface area contributed by atoms with Crippen molar-refractivity contribution in [1.82, 2.24) is 0 Å². The molecule has 0 saturated heterocycles. The zero-order valence-corrected chi connectivity index (χ0v) is 10.3. The lowest BCUT2D eigenvalue weighted by Gasteiger charge is -2.13. The summed E-state index contributed by atoms with van der Waals surface area (Å²) in [7, 11) is 0. The average molecular weight is 299 g/mol. The molecule has 0 radical (unpaired) electrons. The minimum absolute atomic E-state index is 0.362. The van der Waals surface area contributed by atoms with E-state index in [4.69, 9.17) is 0 Å². The van der Waals surface area contributed by atoms with Crippen LogP contribution in [0.4, 0.5) is 8.78 Å². The minimum atomic E-state index is -0.912. The van der Waals surface area contributed by atoms with Crippen molar-refractivity contribution in [2.24, 2.45) is 0 Å². The summed E-state index contributed by atoms with van der Waals surface area (Å²) in [6.45, 7) is 0. The third-order valence-electron chi connectivity index (χ3n) is 2.44. The number of halogens is 3. The van der Waals surface area contributed by atoms with Gasteiger partial charge in [-0.2, -0.15) is 0 Å². The Kier molecular flexibility index (Phi) is 3.54. The van der Waals surface area contributed by atoms with Crippen molar-refractivity contribution in [2.45, 2.75) is 6.10 Å². The van der Waals surface area contributed by atoms with Crippen LogP contribution < -0.4 is 0 Å². The maximum absolute atomic E-state index is 12.9. The molecule has 17 heavy (non-hydrogen) atoms. The summed E-state index contributed by atoms with van der Waals surface area (Å²) in [6.07, 6.45) is -0.912. The Morgan fingerprint density at radius 1 is 0.941 bits per heavy atom. The zero-order valence-electron chi connectivity index (χ0n) is 8.70. The Hall–Kier alpha value is -1.26. The van der Waals surface area contributed by atoms with Crippen LogP contribution in [0.5, 0.6) is 0 Å². The molecular weight excluding hydrogens is 290 g/mol. The molecule has 0 aliphatic rings. The molecule has 1 atom stereocenters. The largest absolute Gasteiger partial charge is 0.384 e. The summed E-state index contributed by atoms with van der Waals surface area (Å²) in [5.74, 6) is -0.744. The van der Waals surface area contributed by atoms with Gasteiger partial charge >= 0.3 is 0 Å². The standard InChI is InChI=1S/C13H9BrF2O/c14-12-7-10(16)5-6-11(12)13(17)8-1-3-9(15)4-2-8/h1-7,13,17H/t13-/m0/s1. The van der Waals surface area contributed by atoms with Crippen LogP contribution in [-0.2, 0) is 0 Å². The summed E-state index contributed by atoms with van der Waals surface area (Å²) in [4.78, 5) is 0. The second-order valence-corrected chi connectivity index (χ2v) is 4.47. The molecule has 88 valence electrons. The molecule has 2 aromatic rings. The topological polar surface area (TPSA) is 20.2 Å². The number of hydrogen-bond donors (Lipinski definition) is 1. The van der Waals surface area contributed by atoms with Crippen LogP contribution in [0.2, 0.25) is 0 Å². The van der Waals surface area contributed by atoms with E-state index in [9.17, 15) is 13.9 Å². The number of aliphatic hydroxyl groups excluding tert-OH is 1. The number of benzene rings is 2. The predicted octanol–water partition coefficient (Wildman–Crippen LogP) is 3.81. The zero-order chi connectivity index (χ0) is 12.4. The Labute approximate surface area is 106 Å². The number of aliphatic hydroxyl groups is 1. The van der Waals surface area contributed by atoms with Crippen molar-refractivity contribution in [3.8, 4) is 0 Å². The first-order valence-electron chi connectivity index (χ1n) is 4.96. The summed E-state index contributed by atoms with van der Waals surface area (Å²) in [5.41, 5.74) is 1.09. The van der Waals surface area contributed by atoms with Gasteiger partial charge in [-0.15, -0.1) is 0 Å². The number of hydrogen-bond acceptors (Lipinski definition) is 1. The van der Waals surface area contributed by atoms with Crippen LogP contribution in [0.1, 0.15) is 17.2 Å². The van der Waals surface area contributed by atoms with E-state index in [2.05, 4.69) is 15.9 Å². The van der Waals surface area contributed by atoms with Gasteiger partial charge in [0.15, 0.2) is 0 Å². The van der Waals surface area contributed by atoms with Gasteiger partial charge in [0.2, 0.25) is 0 Å². The molecular formula is C13H9BrF2O. The van der Waals surface area contributed by atoms with E-state index in [0.29, 0.717) is 15.6 Å². The van der Waals surface area contributed by atoms with E-state index in [0.717, 1.165) is 0 Å². The fraction of sp³-hybridized carbons (Fsp3) is 0.0769. The highest BCUT2D eigenvalue weighted by molar-refractivity contribution is 9.10. The molecule has 2 aromatic carbocycles. The van der Waals surface area contributed by atoms with E-state index < -0.39 is 6.10 Å². The van der Waals surface area contributed by atoms with Gasteiger partial charge in [0.05, 0.1) is 0 Å². The summed E-state index contributed by atoms with van der Waals surface area (Å²) in [6, 6.07) is 9.58. The highest BCUT2D eigenvalue weighted by atomic mass is 79.9. The molecule has 0 aliphatic carbocycles. The summed E-state index contributed by atoms with van der Waals surface area (Å²) in [5, 5.41) is 10.1. The summed E-state index contributed by atoms with van der Waals surface area (Å²) >= 11 is 3.19. The first kappa shape index (κ1) is 12.2. The fourth-order valence-electron chi connectivity index (χ4n) is 1.55. The first-order chi connectivity index (χ1) is 8.08. The third-order valence-corrected chi connectivity index (χ3v) is 3.13. The van der Waals surface area contributed by atoms with Crippen molar-refractivity contribution in [2.75, 3.05) is 0 Å². The molecule has 0 saturated carbocycles. The average Bonchev–Trinajstić information content (AvgIpc) is 2.29. The van der Waals surface area contributed by atoms with Gasteiger partial charge in [0.25, 0.3) is 0 Å². The van der Waals surface area contributed by atoms with Crippen LogP contribution in [-0.4, -0.2) is 5.11 Å². The summed E-state index contributed by atoms with van der Waals surface area (Å²) < 4.78 is 26.1. The second-order valence-electron chi connectivity index (χ2n) is 3.62. The van der Waals surface area contributed by atoms with Crippen LogP contribution >= 0.6 is 15.9 Å². The lowest BCUT2D eigenvalue weighted by molar-refractivity contribution is 0.219. The van der Waals surface area contributed by atoms with Crippen molar-refractivity contribution in [1.29, 1.82) is 0 Å². The predicted molar refractivity (Wildman–Crippen MR) is 64.6 cm³/mol. The Balaban J connectivity index is 2.36. The van der Waals surface area contributed by atoms with Crippen LogP contribution in [0, 0.1) is 11.6 Å². The second kappa shape index (κ2) is 4.94. The molecule has 1 nitrogen and oxygen atoms in total. The highest BCUT2D eigenvalue weighted by Crippen LogP contribution is 2.29. The Bertz CT molecular complexity index is 525. The normalized spacial score (nSPS) is 12.5. The Morgan fingerprint density at radius 2 is 1.53 bits per heavy atom. The molecule has 0 unspecified atom stereocenters. The van der Waals surface area contributed by atoms with E-state index in [1.165, 1.54) is 42.5 Å². The first-order valence-corrected chi connectivity index (χ1v) is 5.75. The van der Waals surface area contributed by atoms with Crippen LogP contribution in [0.3, 0.4) is 0 Å². The van der Waals surface area contributed by atoms with Crippen molar-refractivity contribution in [3.63, 3.8) is 0 Å². The van der Waals surface area contributed by atoms with Gasteiger partial charge < -0.3 is 5.11 Å². The lowest BCUT2D eigenvalue weighted by Crippen LogP contribution is -2.01. The smallest absolute Gasteiger partial charge is 0.124 e. The molecule has 0 bridgehead atoms. The van der Waals surface area contributed by atoms with E-state index in [-0.39, 0.29) is 11.6 Å². The van der Waals surface area contributed by atoms with E-state index >= 15 is 0 Å². The van der Waals surface area contributed by atoms with Gasteiger partial charge in [-0.25, -0.2) is 8.78 Å². The van der Waals surface area contributed by atoms with Gasteiger partial charge in [-0.05, 0) is 35.4 Å². The van der Waals surface area contributed by atoms with Crippen LogP contribution in [0.15, 0.2) is 46.9 Å². The van der Waals surface area contributed by atoms with Gasteiger partial charge in [0.1, 0.15) is 17.7 Å². The maximum atomic E-state index is 12.9. The molecule has 0 aromatic heterocycles. The monoisotopic (exact) mass is 298 g/mol. The quantitative estimate of drug-likeness (QED) is 0.894. The lowest BCUT2D eigenvalue weighted by atomic mass is 10.0. The van der Waals surface area contributed by atoms with Gasteiger partial charge in [-0.3, -0.25) is 0 Å². The fourth-order valence-corrected chi connectivity index (χ4v) is 2.12. The molecule has 0 heterocycles. The minimum Gasteiger partial charge on any atom is -0.384 e. The van der Waals surface area contributed by atoms with E-state index in [1.54, 1.807) is 0 Å². The molecule has 2 rings (SSSR count). The van der Waals surface area contributed by atoms with Crippen LogP contribution in [0.25, 0.3) is 0 Å². The molecule has 1 N–H and O–H groups in total. The highest BCUT2D eigenvalue weighted by Gasteiger charge is 2.14. The van der Waals surface area contributed by atoms with Gasteiger partial charge in [0, 0.05) is 4.47 Å². The van der Waals surface area contributed by atoms with Crippen molar-refractivity contribution < 1.29 is 13.9 Å². The molecule has 4 heteroatoms. The SMILES string of the molecule is O[C@@H](c1ccc(F)cc1)c1ccc(F)cc1Br. The molecule has 0 amide bonds. The molecule has 0 fully saturated rings. The number of rotatable bonds is 2. The van der Waals surface area contributed by atoms with Gasteiger partial charge in [-0.1, -0.05) is 34.1 Å². The maximum Gasteiger partial charge on any atom is 0.124 e. The Morgan fingerprint density at radius 3 is 2.12 bits per heavy atom. The van der Waals surface area contributed by atoms with Crippen molar-refractivity contribution >= 4 is 15.9 Å². The van der Waals surface area contributed by atoms with E-state index in [1.807, 2.05) is 0 Å². The third kappa shape index (κ3) is 2.70. The molecule has 0 spiro atoms.